The van der Waals surface area contributed by atoms with E-state index in [-0.39, 0.29) is 24.4 Å². The second-order valence-electron chi connectivity index (χ2n) is 7.67. The van der Waals surface area contributed by atoms with Gasteiger partial charge in [0.1, 0.15) is 11.6 Å². The van der Waals surface area contributed by atoms with Crippen LogP contribution in [0.1, 0.15) is 37.4 Å². The van der Waals surface area contributed by atoms with Crippen LogP contribution in [0.2, 0.25) is 0 Å². The summed E-state index contributed by atoms with van der Waals surface area (Å²) in [5.41, 5.74) is 1.71. The van der Waals surface area contributed by atoms with Crippen LogP contribution in [0.15, 0.2) is 39.5 Å². The summed E-state index contributed by atoms with van der Waals surface area (Å²) in [5, 5.41) is 19.0. The first-order valence-corrected chi connectivity index (χ1v) is 11.5. The molecule has 0 saturated heterocycles. The summed E-state index contributed by atoms with van der Waals surface area (Å²) in [4.78, 5) is 16.8. The Bertz CT molecular complexity index is 1230. The van der Waals surface area contributed by atoms with Crippen molar-refractivity contribution >= 4 is 22.9 Å². The lowest BCUT2D eigenvalue weighted by molar-refractivity contribution is -0.116. The van der Waals surface area contributed by atoms with Gasteiger partial charge in [0, 0.05) is 42.3 Å². The third kappa shape index (κ3) is 4.31. The molecule has 4 heterocycles. The van der Waals surface area contributed by atoms with Crippen molar-refractivity contribution in [1.82, 2.24) is 24.9 Å². The molecule has 0 fully saturated rings. The van der Waals surface area contributed by atoms with E-state index in [1.807, 2.05) is 16.8 Å². The smallest absolute Gasteiger partial charge is 0.227 e. The largest absolute Gasteiger partial charge is 0.339 e. The predicted octanol–water partition coefficient (Wildman–Crippen LogP) is 4.49. The monoisotopic (exact) mass is 452 g/mol. The minimum Gasteiger partial charge on any atom is -0.339 e. The lowest BCUT2D eigenvalue weighted by Gasteiger charge is -2.10. The van der Waals surface area contributed by atoms with Gasteiger partial charge < -0.3 is 14.4 Å². The van der Waals surface area contributed by atoms with E-state index in [2.05, 4.69) is 30.2 Å². The number of carbonyl (C=O) groups is 1. The fourth-order valence-corrected chi connectivity index (χ4v) is 4.39. The third-order valence-corrected chi connectivity index (χ3v) is 6.10. The Morgan fingerprint density at radius 3 is 3.00 bits per heavy atom. The maximum Gasteiger partial charge on any atom is 0.227 e. The first-order valence-electron chi connectivity index (χ1n) is 10.5. The van der Waals surface area contributed by atoms with Crippen LogP contribution in [0.3, 0.4) is 0 Å². The number of nitrogens with one attached hydrogen (secondary N) is 1. The number of hydrogen-bond acceptors (Lipinski definition) is 7. The minimum atomic E-state index is -0.504. The zero-order valence-electron chi connectivity index (χ0n) is 17.3. The molecule has 3 aromatic heterocycles. The highest BCUT2D eigenvalue weighted by molar-refractivity contribution is 7.08. The number of aryl methyl sites for hydroxylation is 2. The van der Waals surface area contributed by atoms with Crippen LogP contribution in [0.4, 0.5) is 10.1 Å². The van der Waals surface area contributed by atoms with Crippen molar-refractivity contribution in [2.24, 2.45) is 0 Å². The number of carbonyl (C=O) groups excluding carboxylic acids is 1. The molecule has 1 N–H and O–H groups in total. The molecule has 10 heteroatoms. The van der Waals surface area contributed by atoms with Crippen molar-refractivity contribution in [3.8, 4) is 22.8 Å². The highest BCUT2D eigenvalue weighted by atomic mass is 32.1. The van der Waals surface area contributed by atoms with Crippen LogP contribution in [0.25, 0.3) is 22.8 Å². The lowest BCUT2D eigenvalue weighted by Crippen LogP contribution is -2.14. The average molecular weight is 453 g/mol. The van der Waals surface area contributed by atoms with Crippen molar-refractivity contribution in [1.29, 1.82) is 0 Å². The molecule has 0 saturated carbocycles. The van der Waals surface area contributed by atoms with Crippen LogP contribution in [0.5, 0.6) is 0 Å². The number of rotatable bonds is 6. The maximum atomic E-state index is 14.4. The van der Waals surface area contributed by atoms with Crippen LogP contribution in [-0.4, -0.2) is 30.8 Å². The van der Waals surface area contributed by atoms with Crippen LogP contribution >= 0.6 is 11.3 Å². The number of benzene rings is 1. The average Bonchev–Trinajstić information content (AvgIpc) is 3.53. The number of nitrogens with zero attached hydrogens (tertiary/aromatic N) is 5. The molecular formula is C22H21FN6O2S. The number of thiophene rings is 1. The Morgan fingerprint density at radius 2 is 2.12 bits per heavy atom. The summed E-state index contributed by atoms with van der Waals surface area (Å²) in [6.07, 6.45) is 4.56. The Kier molecular flexibility index (Phi) is 5.76. The number of hydrogen-bond donors (Lipinski definition) is 1. The van der Waals surface area contributed by atoms with E-state index in [9.17, 15) is 9.18 Å². The SMILES string of the molecule is O=C(CCc1nc(-c2ccsc2)no1)Nc1cc(-c2nnc3n2CCCCC3)ccc1F. The summed E-state index contributed by atoms with van der Waals surface area (Å²) in [7, 11) is 0. The molecule has 1 amide bonds. The van der Waals surface area contributed by atoms with E-state index < -0.39 is 5.82 Å². The fraction of sp³-hybridized carbons (Fsp3) is 0.318. The number of fused-ring (bicyclic) bond motifs is 1. The van der Waals surface area contributed by atoms with Gasteiger partial charge in [-0.15, -0.1) is 10.2 Å². The molecule has 0 bridgehead atoms. The van der Waals surface area contributed by atoms with E-state index in [0.717, 1.165) is 49.2 Å². The molecule has 1 aromatic carbocycles. The second-order valence-corrected chi connectivity index (χ2v) is 8.45. The minimum absolute atomic E-state index is 0.0925. The van der Waals surface area contributed by atoms with E-state index in [4.69, 9.17) is 4.52 Å². The van der Waals surface area contributed by atoms with E-state index in [1.165, 1.54) is 6.07 Å². The van der Waals surface area contributed by atoms with Crippen molar-refractivity contribution < 1.29 is 13.7 Å². The molecular weight excluding hydrogens is 431 g/mol. The quantitative estimate of drug-likeness (QED) is 0.463. The van der Waals surface area contributed by atoms with Crippen molar-refractivity contribution in [3.63, 3.8) is 0 Å². The van der Waals surface area contributed by atoms with Gasteiger partial charge in [0.05, 0.1) is 5.69 Å². The van der Waals surface area contributed by atoms with Gasteiger partial charge in [0.15, 0.2) is 5.82 Å². The Labute approximate surface area is 187 Å². The molecule has 0 spiro atoms. The van der Waals surface area contributed by atoms with Gasteiger partial charge in [0.25, 0.3) is 0 Å². The normalized spacial score (nSPS) is 13.5. The molecule has 0 unspecified atom stereocenters. The van der Waals surface area contributed by atoms with Gasteiger partial charge in [0.2, 0.25) is 17.6 Å². The summed E-state index contributed by atoms with van der Waals surface area (Å²) < 4.78 is 21.7. The molecule has 4 aromatic rings. The van der Waals surface area contributed by atoms with Gasteiger partial charge in [-0.2, -0.15) is 16.3 Å². The Hall–Kier alpha value is -3.40. The van der Waals surface area contributed by atoms with Crippen molar-refractivity contribution in [2.45, 2.75) is 45.1 Å². The van der Waals surface area contributed by atoms with Crippen LogP contribution in [0, 0.1) is 5.82 Å². The molecule has 8 nitrogen and oxygen atoms in total. The molecule has 5 rings (SSSR count). The van der Waals surface area contributed by atoms with Crippen molar-refractivity contribution in [2.75, 3.05) is 5.32 Å². The molecule has 164 valence electrons. The van der Waals surface area contributed by atoms with Gasteiger partial charge in [-0.05, 0) is 42.5 Å². The molecule has 1 aliphatic heterocycles. The number of anilines is 1. The lowest BCUT2D eigenvalue weighted by atomic mass is 10.1. The number of halogens is 1. The van der Waals surface area contributed by atoms with Gasteiger partial charge >= 0.3 is 0 Å². The number of amides is 1. The summed E-state index contributed by atoms with van der Waals surface area (Å²) in [6.45, 7) is 0.842. The predicted molar refractivity (Wildman–Crippen MR) is 118 cm³/mol. The first kappa shape index (κ1) is 20.5. The number of aromatic nitrogens is 5. The summed E-state index contributed by atoms with van der Waals surface area (Å²) in [6, 6.07) is 6.51. The Balaban J connectivity index is 1.26. The molecule has 0 atom stereocenters. The maximum absolute atomic E-state index is 14.4. The van der Waals surface area contributed by atoms with E-state index >= 15 is 0 Å². The first-order chi connectivity index (χ1) is 15.7. The van der Waals surface area contributed by atoms with E-state index in [1.54, 1.807) is 23.5 Å². The van der Waals surface area contributed by atoms with Crippen LogP contribution < -0.4 is 5.32 Å². The standard InChI is InChI=1S/C22H21FN6O2S/c23-16-6-5-14(22-27-26-18-4-2-1-3-10-29(18)22)12-17(16)24-19(30)7-8-20-25-21(28-31-20)15-9-11-32-13-15/h5-6,9,11-13H,1-4,7-8,10H2,(H,24,30). The fourth-order valence-electron chi connectivity index (χ4n) is 3.76. The van der Waals surface area contributed by atoms with Crippen LogP contribution in [-0.2, 0) is 24.2 Å². The second kappa shape index (κ2) is 8.99. The third-order valence-electron chi connectivity index (χ3n) is 5.42. The van der Waals surface area contributed by atoms with Gasteiger partial charge in [-0.3, -0.25) is 4.79 Å². The van der Waals surface area contributed by atoms with E-state index in [0.29, 0.717) is 17.5 Å². The topological polar surface area (TPSA) is 98.7 Å². The molecule has 1 aliphatic rings. The zero-order chi connectivity index (χ0) is 21.9. The Morgan fingerprint density at radius 1 is 1.19 bits per heavy atom. The van der Waals surface area contributed by atoms with Gasteiger partial charge in [-0.1, -0.05) is 11.6 Å². The molecule has 0 aliphatic carbocycles. The van der Waals surface area contributed by atoms with Crippen molar-refractivity contribution in [3.05, 3.63) is 52.6 Å². The zero-order valence-corrected chi connectivity index (χ0v) is 18.1. The molecule has 32 heavy (non-hydrogen) atoms. The highest BCUT2D eigenvalue weighted by Gasteiger charge is 2.18. The molecule has 0 radical (unpaired) electrons. The van der Waals surface area contributed by atoms with Gasteiger partial charge in [-0.25, -0.2) is 4.39 Å². The summed E-state index contributed by atoms with van der Waals surface area (Å²) in [5.74, 6) is 1.67. The summed E-state index contributed by atoms with van der Waals surface area (Å²) >= 11 is 1.54. The highest BCUT2D eigenvalue weighted by Crippen LogP contribution is 2.27.